The number of fused-ring (bicyclic) bond motifs is 1. The van der Waals surface area contributed by atoms with Crippen LogP contribution < -0.4 is 16.7 Å². The summed E-state index contributed by atoms with van der Waals surface area (Å²) < 4.78 is 58.8. The van der Waals surface area contributed by atoms with Crippen LogP contribution in [-0.4, -0.2) is 45.1 Å². The molecule has 0 aliphatic rings. The molecule has 1 N–H and O–H groups in total. The second-order valence-corrected chi connectivity index (χ2v) is 9.37. The van der Waals surface area contributed by atoms with Crippen molar-refractivity contribution in [2.75, 3.05) is 5.32 Å². The monoisotopic (exact) mass is 577 g/mol. The summed E-state index contributed by atoms with van der Waals surface area (Å²) in [6.45, 7) is -0.0609. The van der Waals surface area contributed by atoms with E-state index in [9.17, 15) is 27.2 Å². The summed E-state index contributed by atoms with van der Waals surface area (Å²) in [7, 11) is 1.61. The standard InChI is InChI=1S/C24H20ClF4N9O2/c1-12-3-17(27)13(4-16(12)26)8-37-22(32-23(39)38(24(37)40)10-21-30-11-35(2)34-21)31-19-5-14-7-36(9-20(28)29)33-18(14)6-15(19)25/h3-7,11,20H,8-10H2,1-2H3,(H,31,32,39). The second-order valence-electron chi connectivity index (χ2n) is 8.96. The van der Waals surface area contributed by atoms with E-state index in [0.717, 1.165) is 25.9 Å². The number of hydrogen-bond acceptors (Lipinski definition) is 7. The molecule has 11 nitrogen and oxygen atoms in total. The normalized spacial score (nSPS) is 11.6. The first-order valence-corrected chi connectivity index (χ1v) is 12.1. The van der Waals surface area contributed by atoms with Crippen molar-refractivity contribution < 1.29 is 17.6 Å². The first-order valence-electron chi connectivity index (χ1n) is 11.7. The molecular formula is C24H20ClF4N9O2. The molecule has 0 spiro atoms. The van der Waals surface area contributed by atoms with Gasteiger partial charge in [0, 0.05) is 24.2 Å². The number of benzene rings is 2. The predicted octanol–water partition coefficient (Wildman–Crippen LogP) is 3.23. The lowest BCUT2D eigenvalue weighted by atomic mass is 10.1. The fourth-order valence-corrected chi connectivity index (χ4v) is 4.23. The maximum atomic E-state index is 14.8. The molecule has 0 aliphatic carbocycles. The van der Waals surface area contributed by atoms with Crippen molar-refractivity contribution in [1.82, 2.24) is 38.7 Å². The van der Waals surface area contributed by atoms with E-state index in [1.54, 1.807) is 7.05 Å². The Morgan fingerprint density at radius 2 is 1.80 bits per heavy atom. The fourth-order valence-electron chi connectivity index (χ4n) is 4.03. The molecule has 208 valence electrons. The minimum absolute atomic E-state index is 0.0729. The van der Waals surface area contributed by atoms with Crippen molar-refractivity contribution in [1.29, 1.82) is 0 Å². The fraction of sp³-hybridized carbons (Fsp3) is 0.250. The van der Waals surface area contributed by atoms with Crippen LogP contribution in [0.1, 0.15) is 17.0 Å². The molecule has 0 saturated heterocycles. The van der Waals surface area contributed by atoms with Gasteiger partial charge in [-0.3, -0.25) is 13.9 Å². The molecular weight excluding hydrogens is 558 g/mol. The number of hydrogen-bond donors (Lipinski definition) is 1. The van der Waals surface area contributed by atoms with Crippen LogP contribution in [0.15, 0.2) is 46.4 Å². The third kappa shape index (κ3) is 5.45. The second kappa shape index (κ2) is 10.6. The Kier molecular flexibility index (Phi) is 7.14. The summed E-state index contributed by atoms with van der Waals surface area (Å²) in [5.74, 6) is -1.63. The van der Waals surface area contributed by atoms with Gasteiger partial charge < -0.3 is 5.32 Å². The van der Waals surface area contributed by atoms with Gasteiger partial charge in [-0.1, -0.05) is 11.6 Å². The lowest BCUT2D eigenvalue weighted by Crippen LogP contribution is -2.43. The highest BCUT2D eigenvalue weighted by molar-refractivity contribution is 6.34. The molecule has 5 aromatic rings. The van der Waals surface area contributed by atoms with E-state index in [2.05, 4.69) is 25.5 Å². The van der Waals surface area contributed by atoms with Gasteiger partial charge in [-0.15, -0.1) is 0 Å². The Morgan fingerprint density at radius 1 is 1.02 bits per heavy atom. The molecule has 0 radical (unpaired) electrons. The van der Waals surface area contributed by atoms with Gasteiger partial charge in [-0.2, -0.15) is 15.2 Å². The molecule has 3 heterocycles. The molecule has 0 aliphatic heterocycles. The van der Waals surface area contributed by atoms with Gasteiger partial charge >= 0.3 is 11.4 Å². The number of aryl methyl sites for hydroxylation is 2. The van der Waals surface area contributed by atoms with Gasteiger partial charge in [0.1, 0.15) is 24.5 Å². The largest absolute Gasteiger partial charge is 0.355 e. The predicted molar refractivity (Wildman–Crippen MR) is 137 cm³/mol. The van der Waals surface area contributed by atoms with E-state index in [4.69, 9.17) is 11.6 Å². The van der Waals surface area contributed by atoms with Gasteiger partial charge in [0.2, 0.25) is 5.95 Å². The number of halogens is 5. The molecule has 2 aromatic carbocycles. The van der Waals surface area contributed by atoms with E-state index in [-0.39, 0.29) is 40.2 Å². The quantitative estimate of drug-likeness (QED) is 0.281. The van der Waals surface area contributed by atoms with Crippen LogP contribution in [0.2, 0.25) is 5.02 Å². The Hall–Kier alpha value is -4.53. The number of rotatable bonds is 8. The van der Waals surface area contributed by atoms with Crippen molar-refractivity contribution in [2.24, 2.45) is 7.05 Å². The zero-order valence-corrected chi connectivity index (χ0v) is 21.7. The van der Waals surface area contributed by atoms with Crippen LogP contribution in [0, 0.1) is 18.6 Å². The Morgan fingerprint density at radius 3 is 2.50 bits per heavy atom. The smallest absolute Gasteiger partial charge is 0.324 e. The van der Waals surface area contributed by atoms with Crippen molar-refractivity contribution in [2.45, 2.75) is 33.0 Å². The highest BCUT2D eigenvalue weighted by Gasteiger charge is 2.19. The number of anilines is 2. The van der Waals surface area contributed by atoms with Gasteiger partial charge in [0.05, 0.1) is 29.3 Å². The van der Waals surface area contributed by atoms with E-state index in [1.165, 1.54) is 36.3 Å². The lowest BCUT2D eigenvalue weighted by Gasteiger charge is -2.16. The number of nitrogens with zero attached hydrogens (tertiary/aromatic N) is 8. The minimum Gasteiger partial charge on any atom is -0.324 e. The van der Waals surface area contributed by atoms with Gasteiger partial charge in [-0.05, 0) is 36.8 Å². The van der Waals surface area contributed by atoms with E-state index < -0.39 is 42.5 Å². The minimum atomic E-state index is -2.62. The highest BCUT2D eigenvalue weighted by atomic mass is 35.5. The molecule has 0 fully saturated rings. The summed E-state index contributed by atoms with van der Waals surface area (Å²) in [5.41, 5.74) is -1.48. The summed E-state index contributed by atoms with van der Waals surface area (Å²) in [6.07, 6.45) is 0.140. The van der Waals surface area contributed by atoms with Crippen LogP contribution in [0.3, 0.4) is 0 Å². The summed E-state index contributed by atoms with van der Waals surface area (Å²) in [4.78, 5) is 34.4. The van der Waals surface area contributed by atoms with Crippen molar-refractivity contribution in [3.8, 4) is 0 Å². The SMILES string of the molecule is Cc1cc(F)c(Cn2c(Nc3cc4cn(CC(F)F)nc4cc3Cl)nc(=O)n(Cc3ncn(C)n3)c2=O)cc1F. The van der Waals surface area contributed by atoms with Gasteiger partial charge in [0.25, 0.3) is 6.43 Å². The maximum Gasteiger partial charge on any atom is 0.355 e. The number of alkyl halides is 2. The van der Waals surface area contributed by atoms with Crippen molar-refractivity contribution >= 4 is 34.1 Å². The maximum absolute atomic E-state index is 14.8. The molecule has 0 saturated carbocycles. The number of nitrogens with one attached hydrogen (secondary N) is 1. The highest BCUT2D eigenvalue weighted by Crippen LogP contribution is 2.29. The average Bonchev–Trinajstić information content (AvgIpc) is 3.46. The summed E-state index contributed by atoms with van der Waals surface area (Å²) >= 11 is 6.38. The first-order chi connectivity index (χ1) is 19.0. The van der Waals surface area contributed by atoms with Crippen LogP contribution >= 0.6 is 11.6 Å². The molecule has 16 heteroatoms. The van der Waals surface area contributed by atoms with Crippen molar-refractivity contribution in [3.63, 3.8) is 0 Å². The Balaban J connectivity index is 1.61. The van der Waals surface area contributed by atoms with Crippen molar-refractivity contribution in [3.05, 3.63) is 91.4 Å². The summed E-state index contributed by atoms with van der Waals surface area (Å²) in [6, 6.07) is 4.82. The van der Waals surface area contributed by atoms with Crippen LogP contribution in [0.5, 0.6) is 0 Å². The third-order valence-electron chi connectivity index (χ3n) is 5.96. The van der Waals surface area contributed by atoms with E-state index >= 15 is 0 Å². The Labute approximate surface area is 227 Å². The topological polar surface area (TPSA) is 117 Å². The van der Waals surface area contributed by atoms with Crippen LogP contribution in [0.4, 0.5) is 29.2 Å². The van der Waals surface area contributed by atoms with Crippen LogP contribution in [-0.2, 0) is 26.7 Å². The van der Waals surface area contributed by atoms with Gasteiger partial charge in [-0.25, -0.2) is 36.7 Å². The average molecular weight is 578 g/mol. The molecule has 0 amide bonds. The summed E-state index contributed by atoms with van der Waals surface area (Å²) in [5, 5.41) is 11.4. The molecule has 0 bridgehead atoms. The van der Waals surface area contributed by atoms with Crippen LogP contribution in [0.25, 0.3) is 10.9 Å². The molecule has 0 atom stereocenters. The number of aromatic nitrogens is 8. The lowest BCUT2D eigenvalue weighted by molar-refractivity contribution is 0.122. The molecule has 0 unspecified atom stereocenters. The van der Waals surface area contributed by atoms with E-state index in [1.807, 2.05) is 0 Å². The van der Waals surface area contributed by atoms with Gasteiger partial charge in [0.15, 0.2) is 5.82 Å². The zero-order valence-electron chi connectivity index (χ0n) is 20.9. The third-order valence-corrected chi connectivity index (χ3v) is 6.28. The molecule has 40 heavy (non-hydrogen) atoms. The first kappa shape index (κ1) is 27.1. The Bertz CT molecular complexity index is 1860. The zero-order chi connectivity index (χ0) is 28.7. The van der Waals surface area contributed by atoms with E-state index in [0.29, 0.717) is 10.9 Å². The molecule has 3 aromatic heterocycles. The molecule has 5 rings (SSSR count).